The van der Waals surface area contributed by atoms with Crippen molar-refractivity contribution in [2.24, 2.45) is 0 Å². The molecule has 1 aliphatic heterocycles. The van der Waals surface area contributed by atoms with Gasteiger partial charge < -0.3 is 4.52 Å². The number of nitro benzene ring substituents is 1. The molecule has 0 spiro atoms. The van der Waals surface area contributed by atoms with Crippen molar-refractivity contribution in [3.63, 3.8) is 0 Å². The molecular formula is C19H20N4O5S3. The number of thioether (sulfide) groups is 1. The summed E-state index contributed by atoms with van der Waals surface area (Å²) in [5.41, 5.74) is -0.251. The number of hydrogen-bond acceptors (Lipinski definition) is 9. The first-order valence-corrected chi connectivity index (χ1v) is 13.0. The Balaban J connectivity index is 1.53. The van der Waals surface area contributed by atoms with E-state index in [0.29, 0.717) is 29.7 Å². The van der Waals surface area contributed by atoms with Gasteiger partial charge in [0.1, 0.15) is 0 Å². The molecule has 0 atom stereocenters. The zero-order valence-corrected chi connectivity index (χ0v) is 18.9. The third kappa shape index (κ3) is 4.97. The van der Waals surface area contributed by atoms with Gasteiger partial charge in [-0.2, -0.15) is 9.29 Å². The molecule has 9 nitrogen and oxygen atoms in total. The van der Waals surface area contributed by atoms with Crippen LogP contribution >= 0.6 is 23.1 Å². The monoisotopic (exact) mass is 480 g/mol. The number of aromatic nitrogens is 2. The van der Waals surface area contributed by atoms with Gasteiger partial charge in [-0.05, 0) is 36.4 Å². The molecule has 0 bridgehead atoms. The molecule has 3 heterocycles. The minimum absolute atomic E-state index is 0.0526. The van der Waals surface area contributed by atoms with E-state index in [1.807, 2.05) is 17.5 Å². The Morgan fingerprint density at radius 3 is 2.65 bits per heavy atom. The maximum atomic E-state index is 13.0. The van der Waals surface area contributed by atoms with E-state index in [2.05, 4.69) is 10.1 Å². The summed E-state index contributed by atoms with van der Waals surface area (Å²) in [6.07, 6.45) is 3.58. The Kier molecular flexibility index (Phi) is 6.70. The molecule has 0 aliphatic carbocycles. The average molecular weight is 481 g/mol. The summed E-state index contributed by atoms with van der Waals surface area (Å²) in [5.74, 6) is 1.04. The predicted octanol–water partition coefficient (Wildman–Crippen LogP) is 4.56. The van der Waals surface area contributed by atoms with Crippen LogP contribution < -0.4 is 0 Å². The average Bonchev–Trinajstić information content (AvgIpc) is 3.38. The minimum atomic E-state index is -3.77. The van der Waals surface area contributed by atoms with Gasteiger partial charge in [-0.15, -0.1) is 23.1 Å². The van der Waals surface area contributed by atoms with Gasteiger partial charge in [-0.25, -0.2) is 8.42 Å². The topological polar surface area (TPSA) is 119 Å². The first-order chi connectivity index (χ1) is 14.9. The zero-order chi connectivity index (χ0) is 21.8. The molecule has 0 N–H and O–H groups in total. The SMILES string of the molecule is O=[N+]([O-])c1cc(S(=O)(=O)N2CCCCCC2)ccc1SCc1nc(-c2cccs2)no1. The normalized spacial score (nSPS) is 15.6. The summed E-state index contributed by atoms with van der Waals surface area (Å²) in [5, 5.41) is 17.5. The molecule has 1 aliphatic rings. The summed E-state index contributed by atoms with van der Waals surface area (Å²) in [6, 6.07) is 7.81. The summed E-state index contributed by atoms with van der Waals surface area (Å²) in [4.78, 5) is 16.5. The maximum absolute atomic E-state index is 13.0. The fraction of sp³-hybridized carbons (Fsp3) is 0.368. The molecule has 0 unspecified atom stereocenters. The van der Waals surface area contributed by atoms with Crippen LogP contribution in [0.2, 0.25) is 0 Å². The van der Waals surface area contributed by atoms with Gasteiger partial charge in [0.2, 0.25) is 21.7 Å². The highest BCUT2D eigenvalue weighted by atomic mass is 32.2. The summed E-state index contributed by atoms with van der Waals surface area (Å²) < 4.78 is 32.6. The van der Waals surface area contributed by atoms with Crippen LogP contribution in [0.15, 0.2) is 50.0 Å². The number of benzene rings is 1. The van der Waals surface area contributed by atoms with E-state index in [1.165, 1.54) is 27.8 Å². The van der Waals surface area contributed by atoms with E-state index in [4.69, 9.17) is 4.52 Å². The fourth-order valence-electron chi connectivity index (χ4n) is 3.31. The van der Waals surface area contributed by atoms with E-state index in [0.717, 1.165) is 48.4 Å². The van der Waals surface area contributed by atoms with Crippen LogP contribution in [0.3, 0.4) is 0 Å². The largest absolute Gasteiger partial charge is 0.338 e. The van der Waals surface area contributed by atoms with Crippen LogP contribution in [0.5, 0.6) is 0 Å². The summed E-state index contributed by atoms with van der Waals surface area (Å²) in [7, 11) is -3.77. The van der Waals surface area contributed by atoms with Crippen LogP contribution in [0.25, 0.3) is 10.7 Å². The molecule has 0 radical (unpaired) electrons. The molecule has 1 fully saturated rings. The van der Waals surface area contributed by atoms with Gasteiger partial charge in [0.25, 0.3) is 5.69 Å². The van der Waals surface area contributed by atoms with Crippen molar-refractivity contribution in [3.05, 3.63) is 51.7 Å². The molecule has 12 heteroatoms. The molecule has 4 rings (SSSR count). The van der Waals surface area contributed by atoms with E-state index in [-0.39, 0.29) is 16.3 Å². The molecule has 1 saturated heterocycles. The molecular weight excluding hydrogens is 460 g/mol. The smallest absolute Gasteiger partial charge is 0.284 e. The van der Waals surface area contributed by atoms with Crippen molar-refractivity contribution in [3.8, 4) is 10.7 Å². The minimum Gasteiger partial charge on any atom is -0.338 e. The first kappa shape index (κ1) is 21.9. The number of thiophene rings is 1. The molecule has 164 valence electrons. The predicted molar refractivity (Wildman–Crippen MR) is 117 cm³/mol. The number of rotatable bonds is 7. The van der Waals surface area contributed by atoms with Gasteiger partial charge in [0.05, 0.1) is 25.3 Å². The number of hydrogen-bond donors (Lipinski definition) is 0. The Bertz CT molecular complexity index is 1150. The van der Waals surface area contributed by atoms with Gasteiger partial charge in [0.15, 0.2) is 0 Å². The van der Waals surface area contributed by atoms with Crippen molar-refractivity contribution < 1.29 is 17.9 Å². The van der Waals surface area contributed by atoms with E-state index >= 15 is 0 Å². The van der Waals surface area contributed by atoms with Crippen LogP contribution in [0.1, 0.15) is 31.6 Å². The zero-order valence-electron chi connectivity index (χ0n) is 16.5. The Morgan fingerprint density at radius 1 is 1.19 bits per heavy atom. The number of sulfonamides is 1. The molecule has 0 saturated carbocycles. The Labute approximate surface area is 187 Å². The molecule has 2 aromatic heterocycles. The van der Waals surface area contributed by atoms with Crippen LogP contribution in [-0.4, -0.2) is 40.9 Å². The second-order valence-electron chi connectivity index (χ2n) is 6.98. The summed E-state index contributed by atoms with van der Waals surface area (Å²) in [6.45, 7) is 0.882. The number of nitrogens with zero attached hydrogens (tertiary/aromatic N) is 4. The molecule has 31 heavy (non-hydrogen) atoms. The van der Waals surface area contributed by atoms with Crippen molar-refractivity contribution in [1.29, 1.82) is 0 Å². The Morgan fingerprint density at radius 2 is 1.97 bits per heavy atom. The quantitative estimate of drug-likeness (QED) is 0.274. The molecule has 1 aromatic carbocycles. The van der Waals surface area contributed by atoms with E-state index in [9.17, 15) is 18.5 Å². The highest BCUT2D eigenvalue weighted by molar-refractivity contribution is 7.98. The number of nitro groups is 1. The lowest BCUT2D eigenvalue weighted by Crippen LogP contribution is -2.31. The van der Waals surface area contributed by atoms with Gasteiger partial charge in [0, 0.05) is 19.2 Å². The van der Waals surface area contributed by atoms with Crippen LogP contribution in [-0.2, 0) is 15.8 Å². The third-order valence-corrected chi connectivity index (χ3v) is 8.70. The van der Waals surface area contributed by atoms with Crippen molar-refractivity contribution in [1.82, 2.24) is 14.4 Å². The van der Waals surface area contributed by atoms with Gasteiger partial charge in [-0.3, -0.25) is 10.1 Å². The van der Waals surface area contributed by atoms with Gasteiger partial charge in [-0.1, -0.05) is 24.1 Å². The van der Waals surface area contributed by atoms with Crippen LogP contribution in [0.4, 0.5) is 5.69 Å². The van der Waals surface area contributed by atoms with E-state index < -0.39 is 14.9 Å². The van der Waals surface area contributed by atoms with E-state index in [1.54, 1.807) is 0 Å². The second-order valence-corrected chi connectivity index (χ2v) is 10.9. The van der Waals surface area contributed by atoms with Crippen molar-refractivity contribution in [2.75, 3.05) is 13.1 Å². The first-order valence-electron chi connectivity index (χ1n) is 9.73. The third-order valence-electron chi connectivity index (χ3n) is 4.89. The second kappa shape index (κ2) is 9.47. The van der Waals surface area contributed by atoms with Crippen molar-refractivity contribution >= 4 is 38.8 Å². The lowest BCUT2D eigenvalue weighted by atomic mass is 10.2. The lowest BCUT2D eigenvalue weighted by molar-refractivity contribution is -0.388. The molecule has 3 aromatic rings. The Hall–Kier alpha value is -2.28. The highest BCUT2D eigenvalue weighted by Gasteiger charge is 2.28. The van der Waals surface area contributed by atoms with Gasteiger partial charge >= 0.3 is 0 Å². The summed E-state index contributed by atoms with van der Waals surface area (Å²) >= 11 is 2.64. The lowest BCUT2D eigenvalue weighted by Gasteiger charge is -2.20. The molecule has 0 amide bonds. The van der Waals surface area contributed by atoms with Crippen molar-refractivity contribution in [2.45, 2.75) is 41.2 Å². The fourth-order valence-corrected chi connectivity index (χ4v) is 6.34. The van der Waals surface area contributed by atoms with Crippen LogP contribution in [0, 0.1) is 10.1 Å². The standard InChI is InChI=1S/C19H20N4O5S3/c24-23(25)15-12-14(31(26,27)22-9-3-1-2-4-10-22)7-8-16(15)30-13-18-20-19(21-28-18)17-6-5-11-29-17/h5-8,11-12H,1-4,9-10,13H2. The maximum Gasteiger partial charge on any atom is 0.284 e. The highest BCUT2D eigenvalue weighted by Crippen LogP contribution is 2.34.